The van der Waals surface area contributed by atoms with Crippen molar-refractivity contribution in [1.29, 1.82) is 0 Å². The van der Waals surface area contributed by atoms with Crippen LogP contribution in [-0.2, 0) is 11.8 Å². The fourth-order valence-corrected chi connectivity index (χ4v) is 2.42. The number of rotatable bonds is 7. The normalized spacial score (nSPS) is 12.8. The summed E-state index contributed by atoms with van der Waals surface area (Å²) >= 11 is 0. The minimum Gasteiger partial charge on any atom is -0.467 e. The second-order valence-electron chi connectivity index (χ2n) is 7.05. The Labute approximate surface area is 149 Å². The first-order valence-corrected chi connectivity index (χ1v) is 8.46. The number of aryl methyl sites for hydroxylation is 1. The minimum absolute atomic E-state index is 0.123. The van der Waals surface area contributed by atoms with E-state index in [1.165, 1.54) is 0 Å². The highest BCUT2D eigenvalue weighted by atomic mass is 16.6. The molecule has 2 heterocycles. The van der Waals surface area contributed by atoms with Crippen LogP contribution >= 0.6 is 0 Å². The van der Waals surface area contributed by atoms with Gasteiger partial charge in [0.1, 0.15) is 23.2 Å². The maximum Gasteiger partial charge on any atom is 0.410 e. The minimum atomic E-state index is -0.480. The van der Waals surface area contributed by atoms with Crippen LogP contribution in [0.1, 0.15) is 44.8 Å². The maximum absolute atomic E-state index is 12.0. The van der Waals surface area contributed by atoms with Crippen LogP contribution in [0.25, 0.3) is 0 Å². The lowest BCUT2D eigenvalue weighted by Gasteiger charge is -2.25. The second kappa shape index (κ2) is 8.20. The average Bonchev–Trinajstić information content (AvgIpc) is 3.17. The first kappa shape index (κ1) is 19.1. The summed E-state index contributed by atoms with van der Waals surface area (Å²) in [5, 5.41) is 3.45. The van der Waals surface area contributed by atoms with Gasteiger partial charge in [0, 0.05) is 33.0 Å². The van der Waals surface area contributed by atoms with E-state index in [1.807, 2.05) is 50.7 Å². The summed E-state index contributed by atoms with van der Waals surface area (Å²) in [7, 11) is 3.70. The molecule has 7 nitrogen and oxygen atoms in total. The number of aromatic nitrogens is 2. The van der Waals surface area contributed by atoms with Crippen LogP contribution in [0.3, 0.4) is 0 Å². The van der Waals surface area contributed by atoms with Gasteiger partial charge in [0.05, 0.1) is 6.26 Å². The Balaban J connectivity index is 1.86. The zero-order valence-electron chi connectivity index (χ0n) is 15.7. The van der Waals surface area contributed by atoms with Crippen LogP contribution < -0.4 is 5.32 Å². The summed E-state index contributed by atoms with van der Waals surface area (Å²) < 4.78 is 12.9. The van der Waals surface area contributed by atoms with Crippen molar-refractivity contribution in [1.82, 2.24) is 19.8 Å². The lowest BCUT2D eigenvalue weighted by molar-refractivity contribution is 0.0297. The molecular formula is C18H28N4O3. The van der Waals surface area contributed by atoms with Gasteiger partial charge in [-0.1, -0.05) is 0 Å². The Kier molecular flexibility index (Phi) is 6.25. The lowest BCUT2D eigenvalue weighted by atomic mass is 10.2. The molecule has 0 aliphatic carbocycles. The van der Waals surface area contributed by atoms with Gasteiger partial charge in [0.2, 0.25) is 0 Å². The van der Waals surface area contributed by atoms with Gasteiger partial charge in [-0.3, -0.25) is 0 Å². The van der Waals surface area contributed by atoms with Crippen LogP contribution in [0, 0.1) is 0 Å². The molecule has 1 unspecified atom stereocenters. The monoisotopic (exact) mass is 348 g/mol. The molecule has 1 N–H and O–H groups in total. The van der Waals surface area contributed by atoms with Gasteiger partial charge in [-0.2, -0.15) is 0 Å². The zero-order chi connectivity index (χ0) is 18.4. The Bertz CT molecular complexity index is 658. The highest BCUT2D eigenvalue weighted by Crippen LogP contribution is 2.20. The quantitative estimate of drug-likeness (QED) is 0.779. The molecule has 1 atom stereocenters. The summed E-state index contributed by atoms with van der Waals surface area (Å²) in [6.07, 6.45) is 5.81. The summed E-state index contributed by atoms with van der Waals surface area (Å²) in [5.74, 6) is 1.70. The highest BCUT2D eigenvalue weighted by molar-refractivity contribution is 5.67. The number of amides is 1. The second-order valence-corrected chi connectivity index (χ2v) is 7.05. The van der Waals surface area contributed by atoms with Crippen LogP contribution in [0.2, 0.25) is 0 Å². The van der Waals surface area contributed by atoms with Crippen LogP contribution in [0.15, 0.2) is 35.2 Å². The van der Waals surface area contributed by atoms with Gasteiger partial charge in [-0.25, -0.2) is 9.78 Å². The van der Waals surface area contributed by atoms with Crippen molar-refractivity contribution < 1.29 is 13.9 Å². The van der Waals surface area contributed by atoms with E-state index < -0.39 is 5.60 Å². The largest absolute Gasteiger partial charge is 0.467 e. The number of nitrogens with one attached hydrogen (secondary N) is 1. The Morgan fingerprint density at radius 2 is 2.24 bits per heavy atom. The first-order chi connectivity index (χ1) is 11.8. The van der Waals surface area contributed by atoms with E-state index in [0.717, 1.165) is 18.0 Å². The smallest absolute Gasteiger partial charge is 0.410 e. The fourth-order valence-electron chi connectivity index (χ4n) is 2.42. The molecular weight excluding hydrogens is 320 g/mol. The molecule has 0 saturated carbocycles. The number of nitrogens with zero attached hydrogens (tertiary/aromatic N) is 3. The third-order valence-electron chi connectivity index (χ3n) is 3.67. The molecule has 25 heavy (non-hydrogen) atoms. The van der Waals surface area contributed by atoms with E-state index in [9.17, 15) is 4.79 Å². The summed E-state index contributed by atoms with van der Waals surface area (Å²) in [4.78, 5) is 18.0. The molecule has 0 radical (unpaired) electrons. The predicted octanol–water partition coefficient (Wildman–Crippen LogP) is 2.95. The molecule has 0 saturated heterocycles. The van der Waals surface area contributed by atoms with Gasteiger partial charge < -0.3 is 23.9 Å². The Morgan fingerprint density at radius 3 is 2.80 bits per heavy atom. The number of hydrogen-bond donors (Lipinski definition) is 1. The summed E-state index contributed by atoms with van der Waals surface area (Å²) in [6.45, 7) is 6.90. The Morgan fingerprint density at radius 1 is 1.48 bits per heavy atom. The fraction of sp³-hybridized carbons (Fsp3) is 0.556. The van der Waals surface area contributed by atoms with Crippen LogP contribution in [0.5, 0.6) is 0 Å². The molecule has 7 heteroatoms. The standard InChI is InChI=1S/C18H28N4O3/c1-18(2,3)25-17(23)22(5)11-7-9-19-15(14-8-6-13-24-14)16-20-10-12-21(16)4/h6,8,10,12-13,15,19H,7,9,11H2,1-5H3. The van der Waals surface area contributed by atoms with Crippen molar-refractivity contribution in [3.05, 3.63) is 42.4 Å². The van der Waals surface area contributed by atoms with Gasteiger partial charge in [-0.15, -0.1) is 0 Å². The maximum atomic E-state index is 12.0. The molecule has 0 fully saturated rings. The third kappa shape index (κ3) is 5.63. The number of hydrogen-bond acceptors (Lipinski definition) is 5. The van der Waals surface area contributed by atoms with Crippen molar-refractivity contribution in [3.8, 4) is 0 Å². The molecule has 0 bridgehead atoms. The molecule has 138 valence electrons. The van der Waals surface area contributed by atoms with Crippen molar-refractivity contribution >= 4 is 6.09 Å². The SMILES string of the molecule is CN(CCCNC(c1ccco1)c1nccn1C)C(=O)OC(C)(C)C. The number of imidazole rings is 1. The zero-order valence-corrected chi connectivity index (χ0v) is 15.7. The number of furan rings is 1. The van der Waals surface area contributed by atoms with Crippen molar-refractivity contribution in [2.24, 2.45) is 7.05 Å². The first-order valence-electron chi connectivity index (χ1n) is 8.46. The van der Waals surface area contributed by atoms with Gasteiger partial charge in [0.25, 0.3) is 0 Å². The lowest BCUT2D eigenvalue weighted by Crippen LogP contribution is -2.36. The van der Waals surface area contributed by atoms with Gasteiger partial charge in [-0.05, 0) is 45.9 Å². The van der Waals surface area contributed by atoms with E-state index in [-0.39, 0.29) is 12.1 Å². The van der Waals surface area contributed by atoms with Crippen LogP contribution in [0.4, 0.5) is 4.79 Å². The van der Waals surface area contributed by atoms with E-state index in [2.05, 4.69) is 10.3 Å². The summed E-state index contributed by atoms with van der Waals surface area (Å²) in [5.41, 5.74) is -0.480. The molecule has 2 rings (SSSR count). The molecule has 0 aliphatic rings. The topological polar surface area (TPSA) is 72.5 Å². The molecule has 2 aromatic heterocycles. The Hall–Kier alpha value is -2.28. The predicted molar refractivity (Wildman–Crippen MR) is 95.2 cm³/mol. The number of carbonyl (C=O) groups is 1. The molecule has 0 aromatic carbocycles. The van der Waals surface area contributed by atoms with E-state index in [4.69, 9.17) is 9.15 Å². The van der Waals surface area contributed by atoms with Crippen molar-refractivity contribution in [2.45, 2.75) is 38.8 Å². The van der Waals surface area contributed by atoms with E-state index in [1.54, 1.807) is 24.4 Å². The summed E-state index contributed by atoms with van der Waals surface area (Å²) in [6, 6.07) is 3.67. The molecule has 2 aromatic rings. The molecule has 1 amide bonds. The molecule has 0 aliphatic heterocycles. The van der Waals surface area contributed by atoms with Gasteiger partial charge >= 0.3 is 6.09 Å². The highest BCUT2D eigenvalue weighted by Gasteiger charge is 2.21. The van der Waals surface area contributed by atoms with Gasteiger partial charge in [0.15, 0.2) is 0 Å². The van der Waals surface area contributed by atoms with Crippen LogP contribution in [-0.4, -0.2) is 46.3 Å². The molecule has 0 spiro atoms. The van der Waals surface area contributed by atoms with Crippen molar-refractivity contribution in [2.75, 3.05) is 20.1 Å². The van der Waals surface area contributed by atoms with E-state index >= 15 is 0 Å². The third-order valence-corrected chi connectivity index (χ3v) is 3.67. The van der Waals surface area contributed by atoms with E-state index in [0.29, 0.717) is 13.1 Å². The number of ether oxygens (including phenoxy) is 1. The van der Waals surface area contributed by atoms with Crippen molar-refractivity contribution in [3.63, 3.8) is 0 Å². The average molecular weight is 348 g/mol. The number of carbonyl (C=O) groups excluding carboxylic acids is 1.